The first-order valence-corrected chi connectivity index (χ1v) is 7.59. The zero-order valence-corrected chi connectivity index (χ0v) is 12.6. The molecule has 1 heterocycles. The van der Waals surface area contributed by atoms with Crippen LogP contribution in [0.5, 0.6) is 0 Å². The quantitative estimate of drug-likeness (QED) is 0.720. The highest BCUT2D eigenvalue weighted by molar-refractivity contribution is 5.89. The predicted octanol–water partition coefficient (Wildman–Crippen LogP) is 2.33. The third-order valence-electron chi connectivity index (χ3n) is 3.63. The van der Waals surface area contributed by atoms with Gasteiger partial charge in [0, 0.05) is 19.5 Å². The summed E-state index contributed by atoms with van der Waals surface area (Å²) in [5.74, 6) is 0.832. The van der Waals surface area contributed by atoms with E-state index in [1.165, 1.54) is 25.7 Å². The van der Waals surface area contributed by atoms with Crippen LogP contribution < -0.4 is 5.32 Å². The lowest BCUT2D eigenvalue weighted by atomic mass is 10.0. The first kappa shape index (κ1) is 16.0. The minimum absolute atomic E-state index is 0.0136. The van der Waals surface area contributed by atoms with Crippen LogP contribution in [0.3, 0.4) is 0 Å². The minimum Gasteiger partial charge on any atom is -0.345 e. The second-order valence-corrected chi connectivity index (χ2v) is 5.96. The number of rotatable bonds is 7. The third-order valence-corrected chi connectivity index (χ3v) is 3.63. The fraction of sp³-hybridized carbons (Fsp3) is 0.867. The first-order chi connectivity index (χ1) is 9.00. The molecule has 0 aromatic carbocycles. The molecule has 0 aliphatic carbocycles. The van der Waals surface area contributed by atoms with Crippen molar-refractivity contribution >= 4 is 11.8 Å². The molecule has 1 rings (SSSR count). The lowest BCUT2D eigenvalue weighted by Gasteiger charge is -2.22. The molecule has 1 atom stereocenters. The Hall–Kier alpha value is -1.06. The molecule has 0 saturated carbocycles. The molecule has 0 aromatic heterocycles. The average molecular weight is 268 g/mol. The Kier molecular flexibility index (Phi) is 6.89. The van der Waals surface area contributed by atoms with Crippen LogP contribution in [0.1, 0.15) is 59.3 Å². The summed E-state index contributed by atoms with van der Waals surface area (Å²) >= 11 is 0. The summed E-state index contributed by atoms with van der Waals surface area (Å²) in [6.07, 6.45) is 6.47. The van der Waals surface area contributed by atoms with Gasteiger partial charge in [-0.15, -0.1) is 0 Å². The molecule has 0 spiro atoms. The van der Waals surface area contributed by atoms with Crippen molar-refractivity contribution in [3.05, 3.63) is 0 Å². The average Bonchev–Trinajstić information content (AvgIpc) is 2.46. The molecule has 1 N–H and O–H groups in total. The van der Waals surface area contributed by atoms with Crippen molar-refractivity contribution in [2.24, 2.45) is 5.92 Å². The second kappa shape index (κ2) is 8.18. The van der Waals surface area contributed by atoms with Crippen molar-refractivity contribution in [1.29, 1.82) is 0 Å². The van der Waals surface area contributed by atoms with E-state index in [2.05, 4.69) is 19.2 Å². The molecular formula is C15H28N2O2. The lowest BCUT2D eigenvalue weighted by molar-refractivity contribution is -0.133. The Morgan fingerprint density at radius 1 is 1.21 bits per heavy atom. The maximum Gasteiger partial charge on any atom is 0.244 e. The molecule has 4 nitrogen and oxygen atoms in total. The van der Waals surface area contributed by atoms with Gasteiger partial charge in [0.25, 0.3) is 0 Å². The van der Waals surface area contributed by atoms with Gasteiger partial charge in [0.05, 0.1) is 0 Å². The van der Waals surface area contributed by atoms with Gasteiger partial charge in [-0.3, -0.25) is 9.59 Å². The van der Waals surface area contributed by atoms with Crippen molar-refractivity contribution in [1.82, 2.24) is 10.2 Å². The lowest BCUT2D eigenvalue weighted by Crippen LogP contribution is -2.42. The predicted molar refractivity (Wildman–Crippen MR) is 76.7 cm³/mol. The van der Waals surface area contributed by atoms with E-state index in [1.807, 2.05) is 4.90 Å². The summed E-state index contributed by atoms with van der Waals surface area (Å²) in [4.78, 5) is 25.2. The van der Waals surface area contributed by atoms with E-state index in [0.29, 0.717) is 13.0 Å². The Balaban J connectivity index is 2.20. The Bertz CT molecular complexity index is 303. The number of carbonyl (C=O) groups is 2. The van der Waals surface area contributed by atoms with E-state index in [1.54, 1.807) is 6.92 Å². The Morgan fingerprint density at radius 3 is 2.58 bits per heavy atom. The van der Waals surface area contributed by atoms with Gasteiger partial charge in [-0.25, -0.2) is 0 Å². The van der Waals surface area contributed by atoms with Crippen LogP contribution in [-0.4, -0.2) is 35.8 Å². The summed E-state index contributed by atoms with van der Waals surface area (Å²) in [5.41, 5.74) is 0. The minimum atomic E-state index is -0.365. The molecule has 2 amide bonds. The van der Waals surface area contributed by atoms with Crippen LogP contribution in [0.2, 0.25) is 0 Å². The molecular weight excluding hydrogens is 240 g/mol. The second-order valence-electron chi connectivity index (χ2n) is 5.96. The summed E-state index contributed by atoms with van der Waals surface area (Å²) in [7, 11) is 0. The van der Waals surface area contributed by atoms with E-state index in [0.717, 1.165) is 18.9 Å². The maximum absolute atomic E-state index is 12.0. The van der Waals surface area contributed by atoms with E-state index < -0.39 is 0 Å². The number of amides is 2. The fourth-order valence-corrected chi connectivity index (χ4v) is 2.43. The van der Waals surface area contributed by atoms with Gasteiger partial charge in [0.2, 0.25) is 11.8 Å². The number of carbonyl (C=O) groups excluding carboxylic acids is 2. The van der Waals surface area contributed by atoms with Crippen LogP contribution in [0.4, 0.5) is 0 Å². The van der Waals surface area contributed by atoms with Crippen molar-refractivity contribution < 1.29 is 9.59 Å². The number of nitrogens with one attached hydrogen (secondary N) is 1. The van der Waals surface area contributed by atoms with Gasteiger partial charge in [0.15, 0.2) is 0 Å². The van der Waals surface area contributed by atoms with Crippen molar-refractivity contribution in [3.63, 3.8) is 0 Å². The zero-order valence-electron chi connectivity index (χ0n) is 12.6. The van der Waals surface area contributed by atoms with Crippen LogP contribution in [0.15, 0.2) is 0 Å². The monoisotopic (exact) mass is 268 g/mol. The van der Waals surface area contributed by atoms with Gasteiger partial charge < -0.3 is 10.2 Å². The highest BCUT2D eigenvalue weighted by Crippen LogP contribution is 2.11. The third kappa shape index (κ3) is 6.08. The van der Waals surface area contributed by atoms with Gasteiger partial charge in [-0.1, -0.05) is 39.5 Å². The molecule has 4 heteroatoms. The number of unbranched alkanes of at least 4 members (excludes halogenated alkanes) is 3. The topological polar surface area (TPSA) is 49.4 Å². The maximum atomic E-state index is 12.0. The number of hydrogen-bond acceptors (Lipinski definition) is 2. The summed E-state index contributed by atoms with van der Waals surface area (Å²) in [6.45, 7) is 7.63. The molecule has 1 saturated heterocycles. The largest absolute Gasteiger partial charge is 0.345 e. The first-order valence-electron chi connectivity index (χ1n) is 7.59. The molecule has 1 fully saturated rings. The smallest absolute Gasteiger partial charge is 0.244 e. The van der Waals surface area contributed by atoms with Crippen molar-refractivity contribution in [2.75, 3.05) is 13.1 Å². The molecule has 0 radical (unpaired) electrons. The van der Waals surface area contributed by atoms with E-state index >= 15 is 0 Å². The molecule has 19 heavy (non-hydrogen) atoms. The van der Waals surface area contributed by atoms with Gasteiger partial charge in [-0.05, 0) is 19.3 Å². The SMILES string of the molecule is CC(C)CCCCCCN1CCC(=O)NC(C)C1=O. The normalized spacial score (nSPS) is 20.6. The van der Waals surface area contributed by atoms with E-state index in [4.69, 9.17) is 0 Å². The van der Waals surface area contributed by atoms with Crippen LogP contribution in [-0.2, 0) is 9.59 Å². The highest BCUT2D eigenvalue weighted by Gasteiger charge is 2.25. The summed E-state index contributed by atoms with van der Waals surface area (Å²) in [6, 6.07) is -0.365. The summed E-state index contributed by atoms with van der Waals surface area (Å²) in [5, 5.41) is 2.71. The van der Waals surface area contributed by atoms with Crippen molar-refractivity contribution in [3.8, 4) is 0 Å². The molecule has 0 bridgehead atoms. The van der Waals surface area contributed by atoms with Gasteiger partial charge >= 0.3 is 0 Å². The standard InChI is InChI=1S/C15H28N2O2/c1-12(2)8-6-4-5-7-10-17-11-9-14(18)16-13(3)15(17)19/h12-13H,4-11H2,1-3H3,(H,16,18). The van der Waals surface area contributed by atoms with E-state index in [-0.39, 0.29) is 17.9 Å². The number of hydrogen-bond donors (Lipinski definition) is 1. The molecule has 1 aliphatic heterocycles. The van der Waals surface area contributed by atoms with E-state index in [9.17, 15) is 9.59 Å². The van der Waals surface area contributed by atoms with Gasteiger partial charge in [0.1, 0.15) is 6.04 Å². The molecule has 0 aromatic rings. The van der Waals surface area contributed by atoms with Gasteiger partial charge in [-0.2, -0.15) is 0 Å². The Labute approximate surface area is 116 Å². The zero-order chi connectivity index (χ0) is 14.3. The number of nitrogens with zero attached hydrogens (tertiary/aromatic N) is 1. The molecule has 110 valence electrons. The fourth-order valence-electron chi connectivity index (χ4n) is 2.43. The summed E-state index contributed by atoms with van der Waals surface area (Å²) < 4.78 is 0. The molecule has 1 aliphatic rings. The van der Waals surface area contributed by atoms with Crippen LogP contribution in [0, 0.1) is 5.92 Å². The Morgan fingerprint density at radius 2 is 1.89 bits per heavy atom. The van der Waals surface area contributed by atoms with Crippen LogP contribution >= 0.6 is 0 Å². The van der Waals surface area contributed by atoms with Crippen molar-refractivity contribution in [2.45, 2.75) is 65.3 Å². The highest BCUT2D eigenvalue weighted by atomic mass is 16.2. The van der Waals surface area contributed by atoms with Crippen LogP contribution in [0.25, 0.3) is 0 Å². The molecule has 1 unspecified atom stereocenters.